The molecule has 0 amide bonds. The highest BCUT2D eigenvalue weighted by Crippen LogP contribution is 2.10. The van der Waals surface area contributed by atoms with E-state index in [0.717, 1.165) is 0 Å². The van der Waals surface area contributed by atoms with Crippen molar-refractivity contribution in [2.75, 3.05) is 5.43 Å². The summed E-state index contributed by atoms with van der Waals surface area (Å²) < 4.78 is 1.19. The molecule has 2 aromatic carbocycles. The normalized spacial score (nSPS) is 10.5. The SMILES string of the molecule is CC(=O)c1nc2ccccc2c(=O)n1Nc1ccccc1. The van der Waals surface area contributed by atoms with Crippen LogP contribution in [0.1, 0.15) is 17.5 Å². The Morgan fingerprint density at radius 2 is 1.71 bits per heavy atom. The van der Waals surface area contributed by atoms with Crippen molar-refractivity contribution in [1.29, 1.82) is 0 Å². The van der Waals surface area contributed by atoms with Gasteiger partial charge < -0.3 is 0 Å². The highest BCUT2D eigenvalue weighted by molar-refractivity contribution is 5.93. The van der Waals surface area contributed by atoms with Gasteiger partial charge in [0, 0.05) is 6.92 Å². The second-order valence-corrected chi connectivity index (χ2v) is 4.63. The van der Waals surface area contributed by atoms with Crippen LogP contribution in [0.15, 0.2) is 59.4 Å². The Bertz CT molecular complexity index is 870. The van der Waals surface area contributed by atoms with E-state index in [-0.39, 0.29) is 17.2 Å². The predicted molar refractivity (Wildman–Crippen MR) is 81.5 cm³/mol. The van der Waals surface area contributed by atoms with Gasteiger partial charge in [-0.3, -0.25) is 15.0 Å². The van der Waals surface area contributed by atoms with Gasteiger partial charge in [-0.05, 0) is 24.3 Å². The Hall–Kier alpha value is -2.95. The molecule has 0 radical (unpaired) electrons. The summed E-state index contributed by atoms with van der Waals surface area (Å²) in [4.78, 5) is 28.6. The van der Waals surface area contributed by atoms with Crippen LogP contribution >= 0.6 is 0 Å². The van der Waals surface area contributed by atoms with E-state index < -0.39 is 0 Å². The van der Waals surface area contributed by atoms with Gasteiger partial charge >= 0.3 is 0 Å². The molecule has 5 nitrogen and oxygen atoms in total. The molecule has 0 atom stereocenters. The first-order valence-electron chi connectivity index (χ1n) is 6.51. The molecule has 3 aromatic rings. The number of anilines is 1. The molecule has 0 unspecified atom stereocenters. The van der Waals surface area contributed by atoms with Crippen molar-refractivity contribution in [3.8, 4) is 0 Å². The first kappa shape index (κ1) is 13.1. The molecule has 21 heavy (non-hydrogen) atoms. The summed E-state index contributed by atoms with van der Waals surface area (Å²) >= 11 is 0. The summed E-state index contributed by atoms with van der Waals surface area (Å²) in [5, 5.41) is 0.464. The molecule has 0 saturated carbocycles. The number of carbonyl (C=O) groups excluding carboxylic acids is 1. The molecule has 0 saturated heterocycles. The summed E-state index contributed by atoms with van der Waals surface area (Å²) in [6.07, 6.45) is 0. The highest BCUT2D eigenvalue weighted by atomic mass is 16.1. The minimum atomic E-state index is -0.297. The standard InChI is InChI=1S/C16H13N3O2/c1-11(20)15-17-14-10-6-5-9-13(14)16(21)19(15)18-12-7-3-2-4-8-12/h2-10,18H,1H3. The first-order valence-corrected chi connectivity index (χ1v) is 6.51. The molecule has 0 fully saturated rings. The number of benzene rings is 2. The Balaban J connectivity index is 2.24. The van der Waals surface area contributed by atoms with Gasteiger partial charge in [-0.15, -0.1) is 0 Å². The lowest BCUT2D eigenvalue weighted by Crippen LogP contribution is -2.32. The Morgan fingerprint density at radius 3 is 2.43 bits per heavy atom. The molecule has 0 bridgehead atoms. The first-order chi connectivity index (χ1) is 10.2. The van der Waals surface area contributed by atoms with E-state index in [0.29, 0.717) is 16.6 Å². The number of hydrogen-bond donors (Lipinski definition) is 1. The Labute approximate surface area is 120 Å². The van der Waals surface area contributed by atoms with Crippen molar-refractivity contribution in [2.45, 2.75) is 6.92 Å². The van der Waals surface area contributed by atoms with Gasteiger partial charge in [0.15, 0.2) is 11.6 Å². The fraction of sp³-hybridized carbons (Fsp3) is 0.0625. The number of para-hydroxylation sites is 2. The van der Waals surface area contributed by atoms with Crippen LogP contribution in [0.2, 0.25) is 0 Å². The molecule has 3 rings (SSSR count). The number of aromatic nitrogens is 2. The van der Waals surface area contributed by atoms with Gasteiger partial charge in [-0.2, -0.15) is 4.68 Å². The van der Waals surface area contributed by atoms with Gasteiger partial charge in [-0.1, -0.05) is 30.3 Å². The van der Waals surface area contributed by atoms with Crippen molar-refractivity contribution in [2.24, 2.45) is 0 Å². The summed E-state index contributed by atoms with van der Waals surface area (Å²) in [5.74, 6) is -0.191. The van der Waals surface area contributed by atoms with Gasteiger partial charge in [0.25, 0.3) is 5.56 Å². The molecule has 5 heteroatoms. The second-order valence-electron chi connectivity index (χ2n) is 4.63. The predicted octanol–water partition coefficient (Wildman–Crippen LogP) is 2.47. The third-order valence-corrected chi connectivity index (χ3v) is 3.11. The third kappa shape index (κ3) is 2.41. The second kappa shape index (κ2) is 5.20. The number of carbonyl (C=O) groups is 1. The smallest absolute Gasteiger partial charge is 0.280 e. The topological polar surface area (TPSA) is 64.0 Å². The van der Waals surface area contributed by atoms with Gasteiger partial charge in [-0.25, -0.2) is 4.98 Å². The van der Waals surface area contributed by atoms with Crippen molar-refractivity contribution in [3.63, 3.8) is 0 Å². The minimum absolute atomic E-state index is 0.0857. The number of rotatable bonds is 3. The fourth-order valence-electron chi connectivity index (χ4n) is 2.11. The molecule has 0 aliphatic heterocycles. The summed E-state index contributed by atoms with van der Waals surface area (Å²) in [5.41, 5.74) is 3.86. The molecule has 0 spiro atoms. The van der Waals surface area contributed by atoms with E-state index >= 15 is 0 Å². The quantitative estimate of drug-likeness (QED) is 0.748. The zero-order valence-electron chi connectivity index (χ0n) is 11.4. The number of Topliss-reactive ketones (excluding diaryl/α,β-unsaturated/α-hetero) is 1. The Morgan fingerprint density at radius 1 is 1.05 bits per heavy atom. The zero-order valence-corrected chi connectivity index (χ0v) is 11.4. The lowest BCUT2D eigenvalue weighted by molar-refractivity contribution is 0.1000. The molecule has 1 N–H and O–H groups in total. The van der Waals surface area contributed by atoms with Crippen LogP contribution in [-0.4, -0.2) is 15.4 Å². The van der Waals surface area contributed by atoms with Crippen molar-refractivity contribution in [1.82, 2.24) is 9.66 Å². The van der Waals surface area contributed by atoms with Crippen molar-refractivity contribution in [3.05, 3.63) is 70.8 Å². The number of nitrogens with one attached hydrogen (secondary N) is 1. The monoisotopic (exact) mass is 279 g/mol. The molecule has 1 heterocycles. The molecular weight excluding hydrogens is 266 g/mol. The number of hydrogen-bond acceptors (Lipinski definition) is 4. The average Bonchev–Trinajstić information content (AvgIpc) is 2.51. The summed E-state index contributed by atoms with van der Waals surface area (Å²) in [6, 6.07) is 16.1. The molecule has 0 aliphatic carbocycles. The van der Waals surface area contributed by atoms with E-state index in [9.17, 15) is 9.59 Å². The van der Waals surface area contributed by atoms with Crippen molar-refractivity contribution < 1.29 is 4.79 Å². The van der Waals surface area contributed by atoms with Crippen LogP contribution in [0.4, 0.5) is 5.69 Å². The maximum atomic E-state index is 12.6. The van der Waals surface area contributed by atoms with Crippen LogP contribution in [0.3, 0.4) is 0 Å². The van der Waals surface area contributed by atoms with E-state index in [1.54, 1.807) is 24.3 Å². The molecular formula is C16H13N3O2. The summed E-state index contributed by atoms with van der Waals surface area (Å²) in [6.45, 7) is 1.39. The van der Waals surface area contributed by atoms with Crippen molar-refractivity contribution >= 4 is 22.4 Å². The Kier molecular flexibility index (Phi) is 3.23. The average molecular weight is 279 g/mol. The largest absolute Gasteiger partial charge is 0.291 e. The minimum Gasteiger partial charge on any atom is -0.291 e. The van der Waals surface area contributed by atoms with Crippen LogP contribution < -0.4 is 11.0 Å². The van der Waals surface area contributed by atoms with Crippen LogP contribution in [0.25, 0.3) is 10.9 Å². The van der Waals surface area contributed by atoms with Gasteiger partial charge in [0.05, 0.1) is 16.6 Å². The van der Waals surface area contributed by atoms with E-state index in [4.69, 9.17) is 0 Å². The van der Waals surface area contributed by atoms with Gasteiger partial charge in [0.2, 0.25) is 0 Å². The summed E-state index contributed by atoms with van der Waals surface area (Å²) in [7, 11) is 0. The maximum Gasteiger partial charge on any atom is 0.280 e. The lowest BCUT2D eigenvalue weighted by Gasteiger charge is -2.13. The molecule has 104 valence electrons. The number of fused-ring (bicyclic) bond motifs is 1. The van der Waals surface area contributed by atoms with Crippen LogP contribution in [0, 0.1) is 0 Å². The fourth-order valence-corrected chi connectivity index (χ4v) is 2.11. The van der Waals surface area contributed by atoms with Gasteiger partial charge in [0.1, 0.15) is 0 Å². The van der Waals surface area contributed by atoms with E-state index in [1.165, 1.54) is 11.6 Å². The number of nitrogens with zero attached hydrogens (tertiary/aromatic N) is 2. The number of ketones is 1. The van der Waals surface area contributed by atoms with E-state index in [1.807, 2.05) is 30.3 Å². The maximum absolute atomic E-state index is 12.6. The highest BCUT2D eigenvalue weighted by Gasteiger charge is 2.14. The third-order valence-electron chi connectivity index (χ3n) is 3.11. The molecule has 1 aromatic heterocycles. The van der Waals surface area contributed by atoms with Crippen LogP contribution in [0.5, 0.6) is 0 Å². The van der Waals surface area contributed by atoms with Crippen LogP contribution in [-0.2, 0) is 0 Å². The lowest BCUT2D eigenvalue weighted by atomic mass is 10.2. The zero-order chi connectivity index (χ0) is 14.8. The van der Waals surface area contributed by atoms with E-state index in [2.05, 4.69) is 10.4 Å². The molecule has 0 aliphatic rings.